The number of aryl methyl sites for hydroxylation is 1. The first-order valence-electron chi connectivity index (χ1n) is 13.0. The van der Waals surface area contributed by atoms with Crippen LogP contribution in [0.1, 0.15) is 61.0 Å². The summed E-state index contributed by atoms with van der Waals surface area (Å²) in [6.45, 7) is 4.51. The molecule has 7 nitrogen and oxygen atoms in total. The second-order valence-electron chi connectivity index (χ2n) is 10.0. The molecule has 0 atom stereocenters. The van der Waals surface area contributed by atoms with Crippen LogP contribution in [0.3, 0.4) is 0 Å². The quantitative estimate of drug-likeness (QED) is 0.325. The van der Waals surface area contributed by atoms with E-state index in [1.165, 1.54) is 61.4 Å². The summed E-state index contributed by atoms with van der Waals surface area (Å²) < 4.78 is 16.2. The normalized spacial score (nSPS) is 17.9. The van der Waals surface area contributed by atoms with Gasteiger partial charge < -0.3 is 16.0 Å². The highest BCUT2D eigenvalue weighted by molar-refractivity contribution is 8.01. The van der Waals surface area contributed by atoms with Crippen LogP contribution in [-0.4, -0.2) is 40.5 Å². The molecule has 3 aromatic rings. The number of halogens is 1. The lowest BCUT2D eigenvalue weighted by molar-refractivity contribution is 0.0655. The number of carbonyl (C=O) groups is 1. The Morgan fingerprint density at radius 3 is 2.73 bits per heavy atom. The summed E-state index contributed by atoms with van der Waals surface area (Å²) >= 11 is 2.64. The highest BCUT2D eigenvalue weighted by Crippen LogP contribution is 2.44. The van der Waals surface area contributed by atoms with Crippen molar-refractivity contribution in [1.29, 1.82) is 0 Å². The molecule has 3 N–H and O–H groups in total. The number of hydrogen-bond donors (Lipinski definition) is 3. The second kappa shape index (κ2) is 11.9. The van der Waals surface area contributed by atoms with Gasteiger partial charge in [0.25, 0.3) is 5.91 Å². The van der Waals surface area contributed by atoms with Gasteiger partial charge in [-0.15, -0.1) is 0 Å². The highest BCUT2D eigenvalue weighted by atomic mass is 32.2. The molecule has 4 heterocycles. The maximum absolute atomic E-state index is 15.4. The molecule has 1 saturated heterocycles. The third-order valence-electron chi connectivity index (χ3n) is 7.59. The zero-order valence-electron chi connectivity index (χ0n) is 21.1. The van der Waals surface area contributed by atoms with Crippen LogP contribution in [0.25, 0.3) is 0 Å². The largest absolute Gasteiger partial charge is 0.350 e. The Hall–Kier alpha value is -2.56. The number of piperidine rings is 1. The highest BCUT2D eigenvalue weighted by Gasteiger charge is 2.40. The summed E-state index contributed by atoms with van der Waals surface area (Å²) in [5, 5.41) is 10.4. The molecular weight excluding hydrogens is 507 g/mol. The fraction of sp³-hybridized carbons (Fsp3) is 0.481. The van der Waals surface area contributed by atoms with Gasteiger partial charge in [0.2, 0.25) is 0 Å². The van der Waals surface area contributed by atoms with E-state index in [9.17, 15) is 4.79 Å². The maximum atomic E-state index is 15.4. The minimum absolute atomic E-state index is 0.0857. The molecule has 10 heteroatoms. The molecule has 0 bridgehead atoms. The summed E-state index contributed by atoms with van der Waals surface area (Å²) in [5.74, 6) is 0.295. The number of carbonyl (C=O) groups excluding carboxylic acids is 1. The van der Waals surface area contributed by atoms with Gasteiger partial charge in [-0.1, -0.05) is 42.4 Å². The summed E-state index contributed by atoms with van der Waals surface area (Å²) in [5.41, 5.74) is 1.03. The molecule has 0 radical (unpaired) electrons. The van der Waals surface area contributed by atoms with Crippen LogP contribution in [-0.2, 0) is 0 Å². The first-order chi connectivity index (χ1) is 18.0. The number of thiazole rings is 1. The summed E-state index contributed by atoms with van der Waals surface area (Å²) in [6.07, 6.45) is 13.3. The summed E-state index contributed by atoms with van der Waals surface area (Å²) in [7, 11) is 0. The molecule has 0 spiro atoms. The number of anilines is 2. The first kappa shape index (κ1) is 26.1. The maximum Gasteiger partial charge on any atom is 0.272 e. The Bertz CT molecular complexity index is 1220. The van der Waals surface area contributed by atoms with Crippen molar-refractivity contribution in [2.24, 2.45) is 11.3 Å². The predicted octanol–water partition coefficient (Wildman–Crippen LogP) is 5.96. The molecule has 2 fully saturated rings. The molecule has 3 aromatic heterocycles. The van der Waals surface area contributed by atoms with Gasteiger partial charge in [-0.2, -0.15) is 0 Å². The number of aromatic nitrogens is 3. The van der Waals surface area contributed by atoms with Crippen LogP contribution in [0.4, 0.5) is 15.3 Å². The Balaban J connectivity index is 1.25. The Labute approximate surface area is 225 Å². The van der Waals surface area contributed by atoms with Crippen LogP contribution < -0.4 is 16.0 Å². The third kappa shape index (κ3) is 6.30. The summed E-state index contributed by atoms with van der Waals surface area (Å²) in [6, 6.07) is 5.46. The van der Waals surface area contributed by atoms with Gasteiger partial charge in [-0.3, -0.25) is 4.79 Å². The van der Waals surface area contributed by atoms with E-state index >= 15 is 4.39 Å². The van der Waals surface area contributed by atoms with Gasteiger partial charge in [0.05, 0.1) is 15.3 Å². The average Bonchev–Trinajstić information content (AvgIpc) is 3.36. The van der Waals surface area contributed by atoms with Crippen molar-refractivity contribution in [3.8, 4) is 0 Å². The molecule has 1 aliphatic carbocycles. The molecule has 2 aliphatic rings. The van der Waals surface area contributed by atoms with E-state index in [0.29, 0.717) is 28.3 Å². The molecule has 37 heavy (non-hydrogen) atoms. The van der Waals surface area contributed by atoms with Crippen LogP contribution in [0, 0.1) is 24.1 Å². The lowest BCUT2D eigenvalue weighted by Crippen LogP contribution is -2.49. The van der Waals surface area contributed by atoms with E-state index in [4.69, 9.17) is 0 Å². The predicted molar refractivity (Wildman–Crippen MR) is 146 cm³/mol. The summed E-state index contributed by atoms with van der Waals surface area (Å²) in [4.78, 5) is 26.2. The van der Waals surface area contributed by atoms with Gasteiger partial charge in [0.15, 0.2) is 16.6 Å². The van der Waals surface area contributed by atoms with Crippen molar-refractivity contribution in [2.75, 3.05) is 25.0 Å². The smallest absolute Gasteiger partial charge is 0.272 e. The van der Waals surface area contributed by atoms with Gasteiger partial charge in [0.1, 0.15) is 5.82 Å². The van der Waals surface area contributed by atoms with E-state index in [2.05, 4.69) is 30.9 Å². The van der Waals surface area contributed by atoms with E-state index in [0.717, 1.165) is 35.7 Å². The van der Waals surface area contributed by atoms with Gasteiger partial charge in [0, 0.05) is 18.9 Å². The van der Waals surface area contributed by atoms with Crippen molar-refractivity contribution in [3.63, 3.8) is 0 Å². The van der Waals surface area contributed by atoms with Gasteiger partial charge in [-0.25, -0.2) is 19.3 Å². The number of nitrogens with one attached hydrogen (secondary N) is 3. The fourth-order valence-corrected chi connectivity index (χ4v) is 7.43. The molecule has 0 aromatic carbocycles. The number of hydrogen-bond acceptors (Lipinski definition) is 8. The lowest BCUT2D eigenvalue weighted by atomic mass is 9.64. The van der Waals surface area contributed by atoms with Crippen molar-refractivity contribution >= 4 is 40.0 Å². The third-order valence-corrected chi connectivity index (χ3v) is 9.64. The Morgan fingerprint density at radius 1 is 1.16 bits per heavy atom. The molecule has 1 saturated carbocycles. The number of rotatable bonds is 8. The van der Waals surface area contributed by atoms with E-state index in [1.807, 2.05) is 19.1 Å². The first-order valence-corrected chi connectivity index (χ1v) is 14.6. The minimum atomic E-state index is -0.592. The Morgan fingerprint density at radius 2 is 1.95 bits per heavy atom. The van der Waals surface area contributed by atoms with Crippen LogP contribution in [0.15, 0.2) is 45.9 Å². The van der Waals surface area contributed by atoms with Crippen LogP contribution in [0.5, 0.6) is 0 Å². The number of amides is 1. The molecule has 5 rings (SSSR count). The SMILES string of the molecule is Cc1ccnc(Nc2ncc(Sc3ccnc(C(=O)NCC4(C5CCCCC5)CCNCC4)c3F)s2)c1. The second-order valence-corrected chi connectivity index (χ2v) is 12.4. The van der Waals surface area contributed by atoms with E-state index in [1.54, 1.807) is 18.5 Å². The van der Waals surface area contributed by atoms with Crippen molar-refractivity contribution < 1.29 is 9.18 Å². The zero-order valence-corrected chi connectivity index (χ0v) is 22.7. The Kier molecular flexibility index (Phi) is 8.36. The standard InChI is InChI=1S/C27H33FN6OS2/c1-18-7-11-30-21(15-18)34-26-32-16-22(37-26)36-20-8-12-31-24(23(20)28)25(35)33-17-27(9-13-29-14-10-27)19-5-3-2-4-6-19/h7-8,11-12,15-16,19,29H,2-6,9-10,13-14,17H2,1H3,(H,33,35)(H,30,32,34). The minimum Gasteiger partial charge on any atom is -0.350 e. The molecule has 1 amide bonds. The molecule has 196 valence electrons. The van der Waals surface area contributed by atoms with Crippen molar-refractivity contribution in [2.45, 2.75) is 61.0 Å². The van der Waals surface area contributed by atoms with E-state index < -0.39 is 11.7 Å². The molecule has 1 aliphatic heterocycles. The van der Waals surface area contributed by atoms with Crippen LogP contribution in [0.2, 0.25) is 0 Å². The fourth-order valence-electron chi connectivity index (χ4n) is 5.56. The van der Waals surface area contributed by atoms with Gasteiger partial charge >= 0.3 is 0 Å². The number of pyridine rings is 2. The van der Waals surface area contributed by atoms with Gasteiger partial charge in [-0.05, 0) is 80.8 Å². The monoisotopic (exact) mass is 540 g/mol. The molecular formula is C27H33FN6OS2. The van der Waals surface area contributed by atoms with Crippen molar-refractivity contribution in [3.05, 3.63) is 53.9 Å². The van der Waals surface area contributed by atoms with E-state index in [-0.39, 0.29) is 11.1 Å². The topological polar surface area (TPSA) is 91.8 Å². The lowest BCUT2D eigenvalue weighted by Gasteiger charge is -2.45. The van der Waals surface area contributed by atoms with Crippen LogP contribution >= 0.6 is 23.1 Å². The number of nitrogens with zero attached hydrogens (tertiary/aromatic N) is 3. The molecule has 0 unspecified atom stereocenters. The van der Waals surface area contributed by atoms with Crippen molar-refractivity contribution in [1.82, 2.24) is 25.6 Å². The average molecular weight is 541 g/mol. The zero-order chi connectivity index (χ0) is 25.7.